The maximum atomic E-state index is 4.57. The lowest BCUT2D eigenvalue weighted by Crippen LogP contribution is -2.25. The maximum absolute atomic E-state index is 4.57. The van der Waals surface area contributed by atoms with Gasteiger partial charge in [-0.25, -0.2) is 4.98 Å². The van der Waals surface area contributed by atoms with Crippen LogP contribution in [0.2, 0.25) is 0 Å². The number of nitrogens with one attached hydrogen (secondary N) is 2. The number of amidine groups is 1. The number of H-pyrrole nitrogens is 1. The molecule has 2 aromatic rings. The van der Waals surface area contributed by atoms with Gasteiger partial charge < -0.3 is 10.3 Å². The summed E-state index contributed by atoms with van der Waals surface area (Å²) in [5.41, 5.74) is 3.50. The summed E-state index contributed by atoms with van der Waals surface area (Å²) in [7, 11) is 0. The molecule has 1 unspecified atom stereocenters. The highest BCUT2D eigenvalue weighted by Gasteiger charge is 2.13. The first-order chi connectivity index (χ1) is 9.76. The van der Waals surface area contributed by atoms with Crippen LogP contribution in [0.15, 0.2) is 35.6 Å². The van der Waals surface area contributed by atoms with Crippen LogP contribution in [0, 0.1) is 12.8 Å². The monoisotopic (exact) mass is 268 g/mol. The van der Waals surface area contributed by atoms with E-state index in [2.05, 4.69) is 58.5 Å². The van der Waals surface area contributed by atoms with Gasteiger partial charge in [-0.05, 0) is 43.5 Å². The Balaban J connectivity index is 1.75. The summed E-state index contributed by atoms with van der Waals surface area (Å²) < 4.78 is 0. The van der Waals surface area contributed by atoms with E-state index >= 15 is 0 Å². The van der Waals surface area contributed by atoms with Crippen molar-refractivity contribution < 1.29 is 0 Å². The van der Waals surface area contributed by atoms with Crippen molar-refractivity contribution >= 4 is 16.9 Å². The molecule has 3 rings (SSSR count). The van der Waals surface area contributed by atoms with Crippen LogP contribution in [-0.2, 0) is 6.42 Å². The average Bonchev–Trinajstić information content (AvgIpc) is 2.84. The van der Waals surface area contributed by atoms with Gasteiger partial charge >= 0.3 is 0 Å². The third-order valence-corrected chi connectivity index (χ3v) is 3.62. The van der Waals surface area contributed by atoms with Gasteiger partial charge in [0.1, 0.15) is 11.5 Å². The third-order valence-electron chi connectivity index (χ3n) is 3.62. The SMILES string of the molecule is CCNC1=NCC(Cc2c[nH]c3ncc(C)cc23)C=C1. The van der Waals surface area contributed by atoms with Crippen LogP contribution in [0.1, 0.15) is 18.1 Å². The normalized spacial score (nSPS) is 18.3. The molecule has 20 heavy (non-hydrogen) atoms. The molecule has 4 heteroatoms. The van der Waals surface area contributed by atoms with Gasteiger partial charge in [0.05, 0.1) is 0 Å². The fraction of sp³-hybridized carbons (Fsp3) is 0.375. The van der Waals surface area contributed by atoms with Crippen LogP contribution in [0.4, 0.5) is 0 Å². The van der Waals surface area contributed by atoms with Gasteiger partial charge in [0.15, 0.2) is 0 Å². The maximum Gasteiger partial charge on any atom is 0.137 e. The average molecular weight is 268 g/mol. The summed E-state index contributed by atoms with van der Waals surface area (Å²) in [6, 6.07) is 2.20. The highest BCUT2D eigenvalue weighted by molar-refractivity contribution is 5.93. The minimum Gasteiger partial charge on any atom is -0.371 e. The number of rotatable bonds is 3. The number of hydrogen-bond acceptors (Lipinski definition) is 3. The molecule has 0 fully saturated rings. The molecule has 0 bridgehead atoms. The Kier molecular flexibility index (Phi) is 3.54. The zero-order chi connectivity index (χ0) is 13.9. The predicted molar refractivity (Wildman–Crippen MR) is 83.1 cm³/mol. The number of fused-ring (bicyclic) bond motifs is 1. The summed E-state index contributed by atoms with van der Waals surface area (Å²) >= 11 is 0. The molecule has 0 saturated heterocycles. The first-order valence-electron chi connectivity index (χ1n) is 7.15. The number of aromatic amines is 1. The van der Waals surface area contributed by atoms with Crippen molar-refractivity contribution in [1.29, 1.82) is 0 Å². The lowest BCUT2D eigenvalue weighted by Gasteiger charge is -2.15. The Labute approximate surface area is 119 Å². The van der Waals surface area contributed by atoms with Gasteiger partial charge in [0, 0.05) is 36.8 Å². The molecule has 2 N–H and O–H groups in total. The van der Waals surface area contributed by atoms with Crippen molar-refractivity contribution in [3.63, 3.8) is 0 Å². The standard InChI is InChI=1S/C16H20N4/c1-3-17-15-5-4-12(9-18-15)7-13-10-20-16-14(13)6-11(2)8-19-16/h4-6,8,10,12H,3,7,9H2,1-2H3,(H,17,18)(H,19,20). The minimum absolute atomic E-state index is 0.469. The van der Waals surface area contributed by atoms with Crippen molar-refractivity contribution in [1.82, 2.24) is 15.3 Å². The molecule has 2 aromatic heterocycles. The van der Waals surface area contributed by atoms with E-state index in [-0.39, 0.29) is 0 Å². The van der Waals surface area contributed by atoms with Gasteiger partial charge in [-0.2, -0.15) is 0 Å². The van der Waals surface area contributed by atoms with Crippen molar-refractivity contribution in [3.05, 3.63) is 41.7 Å². The molecular weight excluding hydrogens is 248 g/mol. The molecule has 0 spiro atoms. The quantitative estimate of drug-likeness (QED) is 0.899. The Bertz CT molecular complexity index is 666. The Hall–Kier alpha value is -2.10. The van der Waals surface area contributed by atoms with Crippen LogP contribution in [0.5, 0.6) is 0 Å². The minimum atomic E-state index is 0.469. The molecule has 1 aliphatic heterocycles. The molecule has 104 valence electrons. The van der Waals surface area contributed by atoms with E-state index in [0.29, 0.717) is 5.92 Å². The van der Waals surface area contributed by atoms with E-state index in [1.807, 2.05) is 6.20 Å². The smallest absolute Gasteiger partial charge is 0.137 e. The summed E-state index contributed by atoms with van der Waals surface area (Å²) in [5, 5.41) is 4.48. The molecule has 0 aromatic carbocycles. The lowest BCUT2D eigenvalue weighted by atomic mass is 9.97. The van der Waals surface area contributed by atoms with E-state index in [9.17, 15) is 0 Å². The molecular formula is C16H20N4. The lowest BCUT2D eigenvalue weighted by molar-refractivity contribution is 0.653. The molecule has 0 radical (unpaired) electrons. The first-order valence-corrected chi connectivity index (χ1v) is 7.15. The molecule has 1 atom stereocenters. The fourth-order valence-corrected chi connectivity index (χ4v) is 2.60. The van der Waals surface area contributed by atoms with Crippen molar-refractivity contribution in [2.75, 3.05) is 13.1 Å². The van der Waals surface area contributed by atoms with E-state index in [4.69, 9.17) is 0 Å². The molecule has 4 nitrogen and oxygen atoms in total. The summed E-state index contributed by atoms with van der Waals surface area (Å²) in [6.07, 6.45) is 9.33. The number of hydrogen-bond donors (Lipinski definition) is 2. The number of aliphatic imine (C=N–C) groups is 1. The van der Waals surface area contributed by atoms with E-state index in [1.165, 1.54) is 16.5 Å². The highest BCUT2D eigenvalue weighted by Crippen LogP contribution is 2.22. The number of aryl methyl sites for hydroxylation is 1. The van der Waals surface area contributed by atoms with Crippen molar-refractivity contribution in [2.45, 2.75) is 20.3 Å². The zero-order valence-electron chi connectivity index (χ0n) is 12.0. The number of dihydropyridines is 1. The fourth-order valence-electron chi connectivity index (χ4n) is 2.60. The van der Waals surface area contributed by atoms with Gasteiger partial charge in [-0.3, -0.25) is 4.99 Å². The van der Waals surface area contributed by atoms with Crippen LogP contribution < -0.4 is 5.32 Å². The van der Waals surface area contributed by atoms with Crippen LogP contribution in [0.25, 0.3) is 11.0 Å². The predicted octanol–water partition coefficient (Wildman–Crippen LogP) is 2.61. The Morgan fingerprint density at radius 3 is 3.10 bits per heavy atom. The zero-order valence-corrected chi connectivity index (χ0v) is 12.0. The van der Waals surface area contributed by atoms with Crippen molar-refractivity contribution in [2.24, 2.45) is 10.9 Å². The van der Waals surface area contributed by atoms with Crippen LogP contribution in [0.3, 0.4) is 0 Å². The second kappa shape index (κ2) is 5.49. The number of nitrogens with zero attached hydrogens (tertiary/aromatic N) is 2. The second-order valence-electron chi connectivity index (χ2n) is 5.30. The molecule has 0 amide bonds. The van der Waals surface area contributed by atoms with E-state index < -0.39 is 0 Å². The van der Waals surface area contributed by atoms with Gasteiger partial charge in [0.2, 0.25) is 0 Å². The largest absolute Gasteiger partial charge is 0.371 e. The molecule has 0 saturated carbocycles. The van der Waals surface area contributed by atoms with E-state index in [0.717, 1.165) is 31.0 Å². The first kappa shape index (κ1) is 12.9. The van der Waals surface area contributed by atoms with E-state index in [1.54, 1.807) is 0 Å². The molecule has 3 heterocycles. The van der Waals surface area contributed by atoms with Crippen LogP contribution in [-0.4, -0.2) is 28.9 Å². The number of aromatic nitrogens is 2. The van der Waals surface area contributed by atoms with Crippen molar-refractivity contribution in [3.8, 4) is 0 Å². The van der Waals surface area contributed by atoms with Crippen LogP contribution >= 0.6 is 0 Å². The van der Waals surface area contributed by atoms with Gasteiger partial charge in [-0.15, -0.1) is 0 Å². The highest BCUT2D eigenvalue weighted by atomic mass is 15.0. The number of pyridine rings is 1. The number of likely N-dealkylation sites (N-methyl/N-ethyl adjacent to an activating group) is 1. The van der Waals surface area contributed by atoms with Gasteiger partial charge in [-0.1, -0.05) is 6.08 Å². The topological polar surface area (TPSA) is 53.1 Å². The molecule has 0 aliphatic carbocycles. The second-order valence-corrected chi connectivity index (χ2v) is 5.30. The summed E-state index contributed by atoms with van der Waals surface area (Å²) in [5.74, 6) is 1.47. The summed E-state index contributed by atoms with van der Waals surface area (Å²) in [6.45, 7) is 5.94. The summed E-state index contributed by atoms with van der Waals surface area (Å²) in [4.78, 5) is 12.2. The Morgan fingerprint density at radius 2 is 2.35 bits per heavy atom. The third kappa shape index (κ3) is 2.59. The molecule has 1 aliphatic rings. The Morgan fingerprint density at radius 1 is 1.45 bits per heavy atom. The van der Waals surface area contributed by atoms with Gasteiger partial charge in [0.25, 0.3) is 0 Å².